The van der Waals surface area contributed by atoms with E-state index in [9.17, 15) is 13.2 Å². The van der Waals surface area contributed by atoms with Gasteiger partial charge in [-0.2, -0.15) is 0 Å². The summed E-state index contributed by atoms with van der Waals surface area (Å²) in [5, 5.41) is 0. The summed E-state index contributed by atoms with van der Waals surface area (Å²) in [6.45, 7) is 4.41. The van der Waals surface area contributed by atoms with Crippen molar-refractivity contribution in [3.63, 3.8) is 0 Å². The molecule has 0 spiro atoms. The van der Waals surface area contributed by atoms with E-state index in [1.165, 1.54) is 12.1 Å². The molecule has 1 aliphatic rings. The first-order valence-corrected chi connectivity index (χ1v) is 8.20. The Labute approximate surface area is 118 Å². The highest BCUT2D eigenvalue weighted by atomic mass is 32.2. The summed E-state index contributed by atoms with van der Waals surface area (Å²) in [6.07, 6.45) is 0.753. The largest absolute Gasteiger partial charge is 0.490 e. The van der Waals surface area contributed by atoms with Crippen LogP contribution in [0.4, 0.5) is 0 Å². The second-order valence-corrected chi connectivity index (χ2v) is 7.03. The first-order chi connectivity index (χ1) is 9.40. The number of hydrogen-bond donors (Lipinski definition) is 0. The maximum absolute atomic E-state index is 12.2. The normalized spacial score (nSPS) is 14.9. The fourth-order valence-electron chi connectivity index (χ4n) is 1.77. The zero-order valence-corrected chi connectivity index (χ0v) is 12.4. The maximum atomic E-state index is 12.2. The molecule has 0 aliphatic carbocycles. The SMILES string of the molecule is CC(C)C(=O)CS(=O)(=O)c1ccc2c(c1)OCCCO2. The smallest absolute Gasteiger partial charge is 0.185 e. The Bertz CT molecular complexity index is 604. The van der Waals surface area contributed by atoms with Gasteiger partial charge in [0.1, 0.15) is 5.75 Å². The highest BCUT2D eigenvalue weighted by Gasteiger charge is 2.23. The lowest BCUT2D eigenvalue weighted by molar-refractivity contribution is -0.119. The zero-order chi connectivity index (χ0) is 14.8. The van der Waals surface area contributed by atoms with Gasteiger partial charge in [-0.3, -0.25) is 4.79 Å². The molecule has 1 heterocycles. The van der Waals surface area contributed by atoms with E-state index in [0.717, 1.165) is 6.42 Å². The summed E-state index contributed by atoms with van der Waals surface area (Å²) >= 11 is 0. The Kier molecular flexibility index (Phi) is 4.32. The molecule has 0 saturated carbocycles. The van der Waals surface area contributed by atoms with E-state index in [0.29, 0.717) is 24.7 Å². The van der Waals surface area contributed by atoms with Gasteiger partial charge in [0.05, 0.1) is 18.1 Å². The van der Waals surface area contributed by atoms with Crippen molar-refractivity contribution in [2.24, 2.45) is 5.92 Å². The van der Waals surface area contributed by atoms with Crippen LogP contribution in [-0.2, 0) is 14.6 Å². The molecule has 0 amide bonds. The third-order valence-electron chi connectivity index (χ3n) is 3.05. The third kappa shape index (κ3) is 3.30. The number of sulfone groups is 1. The summed E-state index contributed by atoms with van der Waals surface area (Å²) < 4.78 is 35.3. The van der Waals surface area contributed by atoms with Crippen LogP contribution in [0.3, 0.4) is 0 Å². The topological polar surface area (TPSA) is 69.7 Å². The number of fused-ring (bicyclic) bond motifs is 1. The average molecular weight is 298 g/mol. The number of rotatable bonds is 4. The standard InChI is InChI=1S/C14H18O5S/c1-10(2)12(15)9-20(16,17)11-4-5-13-14(8-11)19-7-3-6-18-13/h4-5,8,10H,3,6-7,9H2,1-2H3. The summed E-state index contributed by atoms with van der Waals surface area (Å²) in [6, 6.07) is 4.47. The van der Waals surface area contributed by atoms with E-state index in [-0.39, 0.29) is 16.6 Å². The van der Waals surface area contributed by atoms with Gasteiger partial charge in [0.2, 0.25) is 0 Å². The summed E-state index contributed by atoms with van der Waals surface area (Å²) in [5.74, 6) is -0.121. The second-order valence-electron chi connectivity index (χ2n) is 5.04. The molecule has 6 heteroatoms. The lowest BCUT2D eigenvalue weighted by Crippen LogP contribution is -2.20. The molecule has 1 aliphatic heterocycles. The van der Waals surface area contributed by atoms with Crippen molar-refractivity contribution >= 4 is 15.6 Å². The fraction of sp³-hybridized carbons (Fsp3) is 0.500. The number of Topliss-reactive ketones (excluding diaryl/α,β-unsaturated/α-hetero) is 1. The van der Waals surface area contributed by atoms with E-state index in [4.69, 9.17) is 9.47 Å². The molecule has 110 valence electrons. The van der Waals surface area contributed by atoms with Crippen LogP contribution < -0.4 is 9.47 Å². The first-order valence-electron chi connectivity index (χ1n) is 6.55. The van der Waals surface area contributed by atoms with Crippen LogP contribution in [0.25, 0.3) is 0 Å². The lowest BCUT2D eigenvalue weighted by Gasteiger charge is -2.10. The minimum atomic E-state index is -3.64. The van der Waals surface area contributed by atoms with Gasteiger partial charge in [-0.25, -0.2) is 8.42 Å². The molecular weight excluding hydrogens is 280 g/mol. The summed E-state index contributed by atoms with van der Waals surface area (Å²) in [5.41, 5.74) is 0. The fourth-order valence-corrected chi connectivity index (χ4v) is 3.21. The van der Waals surface area contributed by atoms with Crippen molar-refractivity contribution in [2.45, 2.75) is 25.2 Å². The van der Waals surface area contributed by atoms with Crippen LogP contribution in [0.5, 0.6) is 11.5 Å². The molecule has 0 radical (unpaired) electrons. The van der Waals surface area contributed by atoms with E-state index in [2.05, 4.69) is 0 Å². The van der Waals surface area contributed by atoms with Crippen molar-refractivity contribution in [2.75, 3.05) is 19.0 Å². The van der Waals surface area contributed by atoms with Crippen molar-refractivity contribution in [3.05, 3.63) is 18.2 Å². The quantitative estimate of drug-likeness (QED) is 0.848. The number of benzene rings is 1. The molecule has 1 aromatic carbocycles. The molecule has 0 aromatic heterocycles. The first kappa shape index (κ1) is 14.8. The molecule has 0 fully saturated rings. The highest BCUT2D eigenvalue weighted by molar-refractivity contribution is 7.92. The van der Waals surface area contributed by atoms with Crippen LogP contribution in [0.15, 0.2) is 23.1 Å². The van der Waals surface area contributed by atoms with Gasteiger partial charge in [0.15, 0.2) is 27.1 Å². The molecule has 0 N–H and O–H groups in total. The van der Waals surface area contributed by atoms with Gasteiger partial charge in [-0.1, -0.05) is 13.8 Å². The molecule has 5 nitrogen and oxygen atoms in total. The van der Waals surface area contributed by atoms with Crippen LogP contribution in [-0.4, -0.2) is 33.2 Å². The highest BCUT2D eigenvalue weighted by Crippen LogP contribution is 2.32. The molecule has 1 aromatic rings. The predicted molar refractivity (Wildman–Crippen MR) is 73.9 cm³/mol. The van der Waals surface area contributed by atoms with Crippen LogP contribution in [0.1, 0.15) is 20.3 Å². The Morgan fingerprint density at radius 1 is 1.20 bits per heavy atom. The molecule has 2 rings (SSSR count). The van der Waals surface area contributed by atoms with Crippen molar-refractivity contribution in [3.8, 4) is 11.5 Å². The van der Waals surface area contributed by atoms with Crippen LogP contribution >= 0.6 is 0 Å². The number of hydrogen-bond acceptors (Lipinski definition) is 5. The molecule has 0 bridgehead atoms. The van der Waals surface area contributed by atoms with Gasteiger partial charge in [-0.05, 0) is 12.1 Å². The maximum Gasteiger partial charge on any atom is 0.185 e. The van der Waals surface area contributed by atoms with E-state index in [1.807, 2.05) is 0 Å². The van der Waals surface area contributed by atoms with Crippen molar-refractivity contribution in [1.29, 1.82) is 0 Å². The molecule has 0 saturated heterocycles. The third-order valence-corrected chi connectivity index (χ3v) is 4.69. The summed E-state index contributed by atoms with van der Waals surface area (Å²) in [7, 11) is -3.64. The predicted octanol–water partition coefficient (Wildman–Crippen LogP) is 1.85. The minimum absolute atomic E-state index is 0.0933. The molecular formula is C14H18O5S. The number of ketones is 1. The molecule has 0 atom stereocenters. The van der Waals surface area contributed by atoms with Crippen molar-refractivity contribution in [1.82, 2.24) is 0 Å². The van der Waals surface area contributed by atoms with E-state index < -0.39 is 15.6 Å². The van der Waals surface area contributed by atoms with Crippen molar-refractivity contribution < 1.29 is 22.7 Å². The minimum Gasteiger partial charge on any atom is -0.490 e. The van der Waals surface area contributed by atoms with Gasteiger partial charge in [-0.15, -0.1) is 0 Å². The lowest BCUT2D eigenvalue weighted by atomic mass is 10.1. The van der Waals surface area contributed by atoms with E-state index in [1.54, 1.807) is 19.9 Å². The number of carbonyl (C=O) groups excluding carboxylic acids is 1. The second kappa shape index (κ2) is 5.83. The van der Waals surface area contributed by atoms with Gasteiger partial charge >= 0.3 is 0 Å². The monoisotopic (exact) mass is 298 g/mol. The Balaban J connectivity index is 2.28. The summed E-state index contributed by atoms with van der Waals surface area (Å²) in [4.78, 5) is 11.7. The number of ether oxygens (including phenoxy) is 2. The van der Waals surface area contributed by atoms with E-state index >= 15 is 0 Å². The zero-order valence-electron chi connectivity index (χ0n) is 11.6. The van der Waals surface area contributed by atoms with Crippen LogP contribution in [0.2, 0.25) is 0 Å². The van der Waals surface area contributed by atoms with Gasteiger partial charge in [0, 0.05) is 18.4 Å². The van der Waals surface area contributed by atoms with Gasteiger partial charge in [0.25, 0.3) is 0 Å². The Morgan fingerprint density at radius 2 is 1.85 bits per heavy atom. The van der Waals surface area contributed by atoms with Gasteiger partial charge < -0.3 is 9.47 Å². The molecule has 20 heavy (non-hydrogen) atoms. The Hall–Kier alpha value is -1.56. The molecule has 0 unspecified atom stereocenters. The number of carbonyl (C=O) groups is 1. The average Bonchev–Trinajstić information content (AvgIpc) is 2.62. The van der Waals surface area contributed by atoms with Crippen LogP contribution in [0, 0.1) is 5.92 Å². The Morgan fingerprint density at radius 3 is 2.50 bits per heavy atom.